The summed E-state index contributed by atoms with van der Waals surface area (Å²) in [5, 5.41) is 8.94. The number of nitriles is 1. The lowest BCUT2D eigenvalue weighted by atomic mass is 10.1. The monoisotopic (exact) mass is 265 g/mol. The highest BCUT2D eigenvalue weighted by Gasteiger charge is 2.02. The van der Waals surface area contributed by atoms with E-state index in [9.17, 15) is 0 Å². The van der Waals surface area contributed by atoms with Gasteiger partial charge in [-0.3, -0.25) is 0 Å². The summed E-state index contributed by atoms with van der Waals surface area (Å²) in [6.45, 7) is 7.99. The van der Waals surface area contributed by atoms with Gasteiger partial charge in [-0.2, -0.15) is 5.26 Å². The number of rotatable bonds is 7. The Bertz CT molecular complexity index is 385. The number of ether oxygens (including phenoxy) is 3. The molecular weight excluding hydrogens is 242 g/mol. The second-order valence-corrected chi connectivity index (χ2v) is 3.57. The van der Waals surface area contributed by atoms with Gasteiger partial charge in [0, 0.05) is 7.11 Å². The molecule has 0 saturated carbocycles. The molecule has 1 rings (SSSR count). The van der Waals surface area contributed by atoms with E-state index in [0.29, 0.717) is 37.7 Å². The molecule has 0 heterocycles. The van der Waals surface area contributed by atoms with Crippen molar-refractivity contribution < 1.29 is 14.2 Å². The predicted octanol–water partition coefficient (Wildman–Crippen LogP) is 2.93. The van der Waals surface area contributed by atoms with Crippen LogP contribution in [-0.4, -0.2) is 33.5 Å². The summed E-state index contributed by atoms with van der Waals surface area (Å²) >= 11 is 0. The molecular formula is C15H23NO3. The average molecular weight is 265 g/mol. The quantitative estimate of drug-likeness (QED) is 0.711. The molecule has 1 aromatic rings. The van der Waals surface area contributed by atoms with Gasteiger partial charge in [0.05, 0.1) is 25.4 Å². The molecule has 1 aromatic carbocycles. The van der Waals surface area contributed by atoms with Gasteiger partial charge in [-0.15, -0.1) is 0 Å². The first kappa shape index (κ1) is 17.4. The molecule has 0 spiro atoms. The van der Waals surface area contributed by atoms with Crippen molar-refractivity contribution in [3.05, 3.63) is 29.3 Å². The third-order valence-electron chi connectivity index (χ3n) is 2.17. The lowest BCUT2D eigenvalue weighted by molar-refractivity contribution is 0.0544. The van der Waals surface area contributed by atoms with E-state index >= 15 is 0 Å². The van der Waals surface area contributed by atoms with Gasteiger partial charge in [0.1, 0.15) is 18.4 Å². The first-order valence-corrected chi connectivity index (χ1v) is 6.48. The van der Waals surface area contributed by atoms with Crippen LogP contribution >= 0.6 is 0 Å². The van der Waals surface area contributed by atoms with Gasteiger partial charge in [0.15, 0.2) is 0 Å². The molecule has 0 unspecified atom stereocenters. The van der Waals surface area contributed by atoms with Crippen LogP contribution in [0.5, 0.6) is 5.75 Å². The van der Waals surface area contributed by atoms with Crippen LogP contribution in [0, 0.1) is 18.3 Å². The number of hydrogen-bond acceptors (Lipinski definition) is 4. The summed E-state index contributed by atoms with van der Waals surface area (Å²) < 4.78 is 15.6. The van der Waals surface area contributed by atoms with Gasteiger partial charge >= 0.3 is 0 Å². The minimum atomic E-state index is 0.432. The molecule has 0 saturated heterocycles. The van der Waals surface area contributed by atoms with E-state index in [1.165, 1.54) is 0 Å². The topological polar surface area (TPSA) is 51.5 Å². The molecule has 0 bridgehead atoms. The minimum absolute atomic E-state index is 0.432. The van der Waals surface area contributed by atoms with Crippen LogP contribution in [0.25, 0.3) is 0 Å². The van der Waals surface area contributed by atoms with Crippen molar-refractivity contribution in [2.75, 3.05) is 33.5 Å². The maximum atomic E-state index is 8.94. The molecule has 0 aliphatic rings. The van der Waals surface area contributed by atoms with Crippen LogP contribution in [0.2, 0.25) is 0 Å². The molecule has 0 N–H and O–H groups in total. The largest absolute Gasteiger partial charge is 0.490 e. The maximum absolute atomic E-state index is 8.94. The van der Waals surface area contributed by atoms with Crippen molar-refractivity contribution in [3.63, 3.8) is 0 Å². The number of benzene rings is 1. The average Bonchev–Trinajstić information content (AvgIpc) is 2.46. The summed E-state index contributed by atoms with van der Waals surface area (Å²) in [6, 6.07) is 7.65. The van der Waals surface area contributed by atoms with Crippen LogP contribution < -0.4 is 4.74 Å². The Balaban J connectivity index is 0.00000154. The molecule has 106 valence electrons. The lowest BCUT2D eigenvalue weighted by Gasteiger charge is -2.08. The van der Waals surface area contributed by atoms with Crippen LogP contribution in [0.4, 0.5) is 0 Å². The molecule has 0 radical (unpaired) electrons. The van der Waals surface area contributed by atoms with E-state index < -0.39 is 0 Å². The Hall–Kier alpha value is -1.57. The molecule has 0 aromatic heterocycles. The number of nitrogens with zero attached hydrogens (tertiary/aromatic N) is 1. The standard InChI is InChI=1S/C13H17NO3.C2H6/c1-11-3-4-13(12(9-11)10-14)17-8-7-16-6-5-15-2;1-2/h3-4,9H,5-8H2,1-2H3;1-2H3. The van der Waals surface area contributed by atoms with Crippen molar-refractivity contribution in [1.29, 1.82) is 5.26 Å². The number of methoxy groups -OCH3 is 1. The first-order valence-electron chi connectivity index (χ1n) is 6.48. The molecule has 0 atom stereocenters. The summed E-state index contributed by atoms with van der Waals surface area (Å²) in [7, 11) is 1.63. The van der Waals surface area contributed by atoms with E-state index in [1.807, 2.05) is 32.9 Å². The Morgan fingerprint density at radius 2 is 1.79 bits per heavy atom. The number of hydrogen-bond donors (Lipinski definition) is 0. The van der Waals surface area contributed by atoms with Crippen molar-refractivity contribution in [2.45, 2.75) is 20.8 Å². The predicted molar refractivity (Wildman–Crippen MR) is 75.4 cm³/mol. The molecule has 0 amide bonds. The smallest absolute Gasteiger partial charge is 0.137 e. The van der Waals surface area contributed by atoms with Crippen LogP contribution in [0.15, 0.2) is 18.2 Å². The van der Waals surface area contributed by atoms with Crippen molar-refractivity contribution in [3.8, 4) is 11.8 Å². The van der Waals surface area contributed by atoms with Gasteiger partial charge in [0.25, 0.3) is 0 Å². The molecule has 4 nitrogen and oxygen atoms in total. The Morgan fingerprint density at radius 3 is 2.42 bits per heavy atom. The third kappa shape index (κ3) is 7.45. The highest BCUT2D eigenvalue weighted by molar-refractivity contribution is 5.45. The van der Waals surface area contributed by atoms with Crippen molar-refractivity contribution in [2.24, 2.45) is 0 Å². The fraction of sp³-hybridized carbons (Fsp3) is 0.533. The zero-order chi connectivity index (χ0) is 14.5. The van der Waals surface area contributed by atoms with Gasteiger partial charge in [0.2, 0.25) is 0 Å². The fourth-order valence-corrected chi connectivity index (χ4v) is 1.31. The zero-order valence-electron chi connectivity index (χ0n) is 12.2. The second kappa shape index (κ2) is 11.5. The first-order chi connectivity index (χ1) is 9.27. The maximum Gasteiger partial charge on any atom is 0.137 e. The van der Waals surface area contributed by atoms with Gasteiger partial charge in [-0.1, -0.05) is 19.9 Å². The minimum Gasteiger partial charge on any atom is -0.490 e. The SMILES string of the molecule is CC.COCCOCCOc1ccc(C)cc1C#N. The van der Waals surface area contributed by atoms with E-state index in [2.05, 4.69) is 6.07 Å². The Kier molecular flexibility index (Phi) is 10.6. The normalized spacial score (nSPS) is 9.21. The highest BCUT2D eigenvalue weighted by Crippen LogP contribution is 2.18. The van der Waals surface area contributed by atoms with Gasteiger partial charge in [-0.05, 0) is 24.6 Å². The Morgan fingerprint density at radius 1 is 1.11 bits per heavy atom. The molecule has 4 heteroatoms. The molecule has 0 fully saturated rings. The molecule has 0 aliphatic heterocycles. The molecule has 0 aliphatic carbocycles. The summed E-state index contributed by atoms with van der Waals surface area (Å²) in [4.78, 5) is 0. The third-order valence-corrected chi connectivity index (χ3v) is 2.17. The summed E-state index contributed by atoms with van der Waals surface area (Å²) in [5.41, 5.74) is 1.60. The van der Waals surface area contributed by atoms with Crippen LogP contribution in [0.3, 0.4) is 0 Å². The van der Waals surface area contributed by atoms with Gasteiger partial charge < -0.3 is 14.2 Å². The lowest BCUT2D eigenvalue weighted by Crippen LogP contribution is -2.10. The van der Waals surface area contributed by atoms with Crippen molar-refractivity contribution in [1.82, 2.24) is 0 Å². The van der Waals surface area contributed by atoms with E-state index in [1.54, 1.807) is 13.2 Å². The van der Waals surface area contributed by atoms with E-state index in [-0.39, 0.29) is 0 Å². The van der Waals surface area contributed by atoms with Crippen molar-refractivity contribution >= 4 is 0 Å². The Labute approximate surface area is 115 Å². The summed E-state index contributed by atoms with van der Waals surface area (Å²) in [5.74, 6) is 0.605. The fourth-order valence-electron chi connectivity index (χ4n) is 1.31. The molecule has 19 heavy (non-hydrogen) atoms. The van der Waals surface area contributed by atoms with Crippen LogP contribution in [0.1, 0.15) is 25.0 Å². The number of aryl methyl sites for hydroxylation is 1. The van der Waals surface area contributed by atoms with Crippen LogP contribution in [-0.2, 0) is 9.47 Å². The zero-order valence-corrected chi connectivity index (χ0v) is 12.2. The van der Waals surface area contributed by atoms with E-state index in [0.717, 1.165) is 5.56 Å². The highest BCUT2D eigenvalue weighted by atomic mass is 16.5. The summed E-state index contributed by atoms with van der Waals surface area (Å²) in [6.07, 6.45) is 0. The second-order valence-electron chi connectivity index (χ2n) is 3.57. The van der Waals surface area contributed by atoms with E-state index in [4.69, 9.17) is 19.5 Å². The van der Waals surface area contributed by atoms with Gasteiger partial charge in [-0.25, -0.2) is 0 Å².